The zero-order chi connectivity index (χ0) is 14.6. The summed E-state index contributed by atoms with van der Waals surface area (Å²) in [7, 11) is 0. The van der Waals surface area contributed by atoms with E-state index in [1.807, 2.05) is 0 Å². The number of piperidine rings is 1. The van der Waals surface area contributed by atoms with E-state index in [0.29, 0.717) is 26.3 Å². The molecule has 2 rings (SSSR count). The quantitative estimate of drug-likeness (QED) is 0.749. The molecule has 0 aromatic carbocycles. The smallest absolute Gasteiger partial charge is 0.242 e. The van der Waals surface area contributed by atoms with Crippen molar-refractivity contribution in [3.63, 3.8) is 0 Å². The summed E-state index contributed by atoms with van der Waals surface area (Å²) in [5.41, 5.74) is -0.0651. The summed E-state index contributed by atoms with van der Waals surface area (Å²) in [4.78, 5) is 26.0. The van der Waals surface area contributed by atoms with Gasteiger partial charge in [0.15, 0.2) is 0 Å². The maximum Gasteiger partial charge on any atom is 0.242 e. The van der Waals surface area contributed by atoms with E-state index in [9.17, 15) is 9.59 Å². The topological polar surface area (TPSA) is 70.7 Å². The van der Waals surface area contributed by atoms with Gasteiger partial charge in [-0.2, -0.15) is 0 Å². The van der Waals surface area contributed by atoms with Gasteiger partial charge in [-0.3, -0.25) is 9.59 Å². The Morgan fingerprint density at radius 1 is 1.35 bits per heavy atom. The number of hydrogen-bond acceptors (Lipinski definition) is 4. The first-order valence-corrected chi connectivity index (χ1v) is 7.37. The van der Waals surface area contributed by atoms with Crippen molar-refractivity contribution in [1.82, 2.24) is 15.5 Å². The molecule has 2 heterocycles. The van der Waals surface area contributed by atoms with Crippen LogP contribution in [0.1, 0.15) is 26.7 Å². The molecule has 0 saturated carbocycles. The second-order valence-electron chi connectivity index (χ2n) is 6.19. The van der Waals surface area contributed by atoms with Gasteiger partial charge in [0.2, 0.25) is 11.8 Å². The van der Waals surface area contributed by atoms with Gasteiger partial charge in [0, 0.05) is 13.1 Å². The third-order valence-corrected chi connectivity index (χ3v) is 4.17. The molecule has 2 fully saturated rings. The molecule has 2 amide bonds. The fourth-order valence-corrected chi connectivity index (χ4v) is 2.85. The number of nitrogens with one attached hydrogen (secondary N) is 2. The van der Waals surface area contributed by atoms with Crippen LogP contribution in [0, 0.1) is 5.41 Å². The van der Waals surface area contributed by atoms with E-state index < -0.39 is 0 Å². The van der Waals surface area contributed by atoms with E-state index in [4.69, 9.17) is 4.74 Å². The Bertz CT molecular complexity index is 365. The third-order valence-electron chi connectivity index (χ3n) is 4.17. The fraction of sp³-hybridized carbons (Fsp3) is 0.857. The van der Waals surface area contributed by atoms with Gasteiger partial charge in [0.25, 0.3) is 0 Å². The molecule has 2 aliphatic heterocycles. The van der Waals surface area contributed by atoms with Crippen LogP contribution in [0.5, 0.6) is 0 Å². The first kappa shape index (κ1) is 15.3. The number of morpholine rings is 1. The Labute approximate surface area is 120 Å². The Morgan fingerprint density at radius 2 is 2.05 bits per heavy atom. The molecule has 2 aliphatic rings. The van der Waals surface area contributed by atoms with Crippen molar-refractivity contribution in [3.8, 4) is 0 Å². The summed E-state index contributed by atoms with van der Waals surface area (Å²) in [6, 6.07) is -0.214. The van der Waals surface area contributed by atoms with Gasteiger partial charge in [-0.15, -0.1) is 0 Å². The Morgan fingerprint density at radius 3 is 2.70 bits per heavy atom. The first-order chi connectivity index (χ1) is 9.50. The Balaban J connectivity index is 1.80. The average Bonchev–Trinajstić information content (AvgIpc) is 2.45. The van der Waals surface area contributed by atoms with Crippen LogP contribution in [0.3, 0.4) is 0 Å². The van der Waals surface area contributed by atoms with E-state index in [1.165, 1.54) is 0 Å². The maximum atomic E-state index is 12.2. The van der Waals surface area contributed by atoms with Gasteiger partial charge >= 0.3 is 0 Å². The van der Waals surface area contributed by atoms with E-state index in [1.54, 1.807) is 4.90 Å². The fourth-order valence-electron chi connectivity index (χ4n) is 2.85. The molecule has 6 heteroatoms. The molecule has 2 saturated heterocycles. The lowest BCUT2D eigenvalue weighted by molar-refractivity contribution is -0.137. The Hall–Kier alpha value is -1.14. The molecule has 0 aromatic heterocycles. The summed E-state index contributed by atoms with van der Waals surface area (Å²) < 4.78 is 5.21. The molecule has 0 aliphatic carbocycles. The number of rotatable bonds is 3. The summed E-state index contributed by atoms with van der Waals surface area (Å²) in [6.07, 6.45) is 2.11. The SMILES string of the molecule is CC1(C)CCCNC1C(=O)NCC(=O)N1CCOCC1. The molecule has 20 heavy (non-hydrogen) atoms. The van der Waals surface area contributed by atoms with Gasteiger partial charge in [0.05, 0.1) is 25.8 Å². The van der Waals surface area contributed by atoms with Crippen LogP contribution in [-0.4, -0.2) is 62.1 Å². The van der Waals surface area contributed by atoms with E-state index in [2.05, 4.69) is 24.5 Å². The number of hydrogen-bond donors (Lipinski definition) is 2. The average molecular weight is 283 g/mol. The predicted octanol–water partition coefficient (Wildman–Crippen LogP) is -0.260. The van der Waals surface area contributed by atoms with Crippen LogP contribution in [-0.2, 0) is 14.3 Å². The summed E-state index contributed by atoms with van der Waals surface area (Å²) in [5.74, 6) is -0.105. The van der Waals surface area contributed by atoms with Gasteiger partial charge in [-0.05, 0) is 24.8 Å². The first-order valence-electron chi connectivity index (χ1n) is 7.37. The molecule has 1 atom stereocenters. The maximum absolute atomic E-state index is 12.2. The number of carbonyl (C=O) groups is 2. The van der Waals surface area contributed by atoms with Gasteiger partial charge in [0.1, 0.15) is 0 Å². The lowest BCUT2D eigenvalue weighted by Crippen LogP contribution is -2.57. The number of nitrogens with zero attached hydrogens (tertiary/aromatic N) is 1. The van der Waals surface area contributed by atoms with Crippen molar-refractivity contribution in [2.24, 2.45) is 5.41 Å². The van der Waals surface area contributed by atoms with Crippen molar-refractivity contribution >= 4 is 11.8 Å². The van der Waals surface area contributed by atoms with Crippen LogP contribution in [0.4, 0.5) is 0 Å². The molecule has 1 unspecified atom stereocenters. The largest absolute Gasteiger partial charge is 0.378 e. The Kier molecular flexibility index (Phi) is 4.99. The highest BCUT2D eigenvalue weighted by atomic mass is 16.5. The molecule has 0 bridgehead atoms. The van der Waals surface area contributed by atoms with Crippen molar-refractivity contribution < 1.29 is 14.3 Å². The second kappa shape index (κ2) is 6.54. The molecule has 114 valence electrons. The lowest BCUT2D eigenvalue weighted by atomic mass is 9.77. The number of carbonyl (C=O) groups excluding carboxylic acids is 2. The van der Waals surface area contributed by atoms with Gasteiger partial charge < -0.3 is 20.3 Å². The monoisotopic (exact) mass is 283 g/mol. The molecular formula is C14H25N3O3. The van der Waals surface area contributed by atoms with Crippen molar-refractivity contribution in [1.29, 1.82) is 0 Å². The highest BCUT2D eigenvalue weighted by Crippen LogP contribution is 2.29. The van der Waals surface area contributed by atoms with Crippen molar-refractivity contribution in [2.75, 3.05) is 39.4 Å². The normalized spacial score (nSPS) is 26.1. The minimum atomic E-state index is -0.214. The van der Waals surface area contributed by atoms with Gasteiger partial charge in [-0.1, -0.05) is 13.8 Å². The van der Waals surface area contributed by atoms with Crippen molar-refractivity contribution in [2.45, 2.75) is 32.7 Å². The van der Waals surface area contributed by atoms with E-state index >= 15 is 0 Å². The number of amides is 2. The van der Waals surface area contributed by atoms with Crippen LogP contribution < -0.4 is 10.6 Å². The van der Waals surface area contributed by atoms with Crippen LogP contribution in [0.25, 0.3) is 0 Å². The summed E-state index contributed by atoms with van der Waals surface area (Å²) >= 11 is 0. The third kappa shape index (κ3) is 3.70. The lowest BCUT2D eigenvalue weighted by Gasteiger charge is -2.38. The predicted molar refractivity (Wildman–Crippen MR) is 75.2 cm³/mol. The highest BCUT2D eigenvalue weighted by Gasteiger charge is 2.37. The zero-order valence-corrected chi connectivity index (χ0v) is 12.4. The number of ether oxygens (including phenoxy) is 1. The summed E-state index contributed by atoms with van der Waals surface area (Å²) in [6.45, 7) is 7.50. The summed E-state index contributed by atoms with van der Waals surface area (Å²) in [5, 5.41) is 6.03. The molecule has 0 spiro atoms. The minimum Gasteiger partial charge on any atom is -0.378 e. The standard InChI is InChI=1S/C14H25N3O3/c1-14(2)4-3-5-15-12(14)13(19)16-10-11(18)17-6-8-20-9-7-17/h12,15H,3-10H2,1-2H3,(H,16,19). The van der Waals surface area contributed by atoms with Crippen LogP contribution in [0.15, 0.2) is 0 Å². The molecule has 6 nitrogen and oxygen atoms in total. The second-order valence-corrected chi connectivity index (χ2v) is 6.19. The molecular weight excluding hydrogens is 258 g/mol. The highest BCUT2D eigenvalue weighted by molar-refractivity contribution is 5.88. The van der Waals surface area contributed by atoms with E-state index in [0.717, 1.165) is 19.4 Å². The minimum absolute atomic E-state index is 0.0322. The van der Waals surface area contributed by atoms with Crippen LogP contribution in [0.2, 0.25) is 0 Å². The van der Waals surface area contributed by atoms with E-state index in [-0.39, 0.29) is 29.8 Å². The zero-order valence-electron chi connectivity index (χ0n) is 12.4. The van der Waals surface area contributed by atoms with Gasteiger partial charge in [-0.25, -0.2) is 0 Å². The van der Waals surface area contributed by atoms with Crippen LogP contribution >= 0.6 is 0 Å². The molecule has 2 N–H and O–H groups in total. The van der Waals surface area contributed by atoms with Crippen molar-refractivity contribution in [3.05, 3.63) is 0 Å². The molecule has 0 aromatic rings. The molecule has 0 radical (unpaired) electrons.